The standard InChI is InChI=1S/C20H20FNO3/c21-17-9-5-4-8-16(17)18(12-13-6-2-1-3-7-13)22-19(23)14-10-11-15(14)20(24)25/h1-9,14-15,18H,10-12H2,(H,22,23)(H,24,25). The number of carbonyl (C=O) groups excluding carboxylic acids is 1. The largest absolute Gasteiger partial charge is 0.481 e. The van der Waals surface area contributed by atoms with Gasteiger partial charge in [0, 0.05) is 5.56 Å². The molecular weight excluding hydrogens is 321 g/mol. The molecule has 3 atom stereocenters. The van der Waals surface area contributed by atoms with Gasteiger partial charge in [0.15, 0.2) is 0 Å². The highest BCUT2D eigenvalue weighted by Crippen LogP contribution is 2.35. The first-order chi connectivity index (χ1) is 12.1. The van der Waals surface area contributed by atoms with Gasteiger partial charge in [-0.3, -0.25) is 9.59 Å². The van der Waals surface area contributed by atoms with Gasteiger partial charge in [0.2, 0.25) is 5.91 Å². The van der Waals surface area contributed by atoms with Crippen LogP contribution in [0.2, 0.25) is 0 Å². The lowest BCUT2D eigenvalue weighted by atomic mass is 9.73. The van der Waals surface area contributed by atoms with Gasteiger partial charge < -0.3 is 10.4 Å². The summed E-state index contributed by atoms with van der Waals surface area (Å²) in [4.78, 5) is 23.7. The summed E-state index contributed by atoms with van der Waals surface area (Å²) < 4.78 is 14.2. The highest BCUT2D eigenvalue weighted by molar-refractivity contribution is 5.86. The summed E-state index contributed by atoms with van der Waals surface area (Å²) in [6.45, 7) is 0. The fourth-order valence-electron chi connectivity index (χ4n) is 3.23. The normalized spacial score (nSPS) is 20.4. The quantitative estimate of drug-likeness (QED) is 0.847. The summed E-state index contributed by atoms with van der Waals surface area (Å²) in [5.74, 6) is -2.83. The lowest BCUT2D eigenvalue weighted by Gasteiger charge is -2.33. The van der Waals surface area contributed by atoms with E-state index in [-0.39, 0.29) is 11.7 Å². The molecule has 0 heterocycles. The van der Waals surface area contributed by atoms with Crippen molar-refractivity contribution >= 4 is 11.9 Å². The van der Waals surface area contributed by atoms with E-state index in [0.717, 1.165) is 5.56 Å². The Kier molecular flexibility index (Phi) is 5.12. The van der Waals surface area contributed by atoms with Gasteiger partial charge in [0.05, 0.1) is 17.9 Å². The van der Waals surface area contributed by atoms with E-state index in [1.165, 1.54) is 6.07 Å². The number of amides is 1. The van der Waals surface area contributed by atoms with Gasteiger partial charge in [0.25, 0.3) is 0 Å². The van der Waals surface area contributed by atoms with Crippen LogP contribution >= 0.6 is 0 Å². The number of carbonyl (C=O) groups is 2. The van der Waals surface area contributed by atoms with Crippen molar-refractivity contribution in [2.75, 3.05) is 0 Å². The molecule has 0 radical (unpaired) electrons. The van der Waals surface area contributed by atoms with Crippen molar-refractivity contribution in [3.05, 3.63) is 71.5 Å². The zero-order valence-corrected chi connectivity index (χ0v) is 13.7. The zero-order valence-electron chi connectivity index (χ0n) is 13.7. The third-order valence-corrected chi connectivity index (χ3v) is 4.81. The maximum Gasteiger partial charge on any atom is 0.307 e. The Bertz CT molecular complexity index is 763. The van der Waals surface area contributed by atoms with E-state index >= 15 is 0 Å². The number of carboxylic acids is 1. The summed E-state index contributed by atoms with van der Waals surface area (Å²) in [6, 6.07) is 15.3. The molecule has 1 amide bonds. The Morgan fingerprint density at radius 1 is 1.04 bits per heavy atom. The van der Waals surface area contributed by atoms with Gasteiger partial charge in [-0.05, 0) is 30.9 Å². The second-order valence-electron chi connectivity index (χ2n) is 6.40. The van der Waals surface area contributed by atoms with E-state index < -0.39 is 23.8 Å². The van der Waals surface area contributed by atoms with Crippen molar-refractivity contribution in [2.24, 2.45) is 11.8 Å². The predicted molar refractivity (Wildman–Crippen MR) is 91.3 cm³/mol. The van der Waals surface area contributed by atoms with E-state index in [4.69, 9.17) is 5.11 Å². The van der Waals surface area contributed by atoms with Crippen molar-refractivity contribution in [3.8, 4) is 0 Å². The van der Waals surface area contributed by atoms with Crippen molar-refractivity contribution in [2.45, 2.75) is 25.3 Å². The number of hydrogen-bond donors (Lipinski definition) is 2. The Morgan fingerprint density at radius 2 is 1.68 bits per heavy atom. The smallest absolute Gasteiger partial charge is 0.307 e. The molecule has 0 bridgehead atoms. The van der Waals surface area contributed by atoms with Crippen LogP contribution in [-0.2, 0) is 16.0 Å². The highest BCUT2D eigenvalue weighted by atomic mass is 19.1. The van der Waals surface area contributed by atoms with Gasteiger partial charge in [-0.2, -0.15) is 0 Å². The first-order valence-corrected chi connectivity index (χ1v) is 8.38. The summed E-state index contributed by atoms with van der Waals surface area (Å²) in [5.41, 5.74) is 1.38. The molecule has 1 saturated carbocycles. The molecule has 1 aliphatic carbocycles. The zero-order chi connectivity index (χ0) is 17.8. The average Bonchev–Trinajstić information content (AvgIpc) is 2.54. The molecule has 0 aliphatic heterocycles. The summed E-state index contributed by atoms with van der Waals surface area (Å²) in [5, 5.41) is 12.0. The second-order valence-corrected chi connectivity index (χ2v) is 6.40. The Balaban J connectivity index is 1.80. The van der Waals surface area contributed by atoms with Crippen molar-refractivity contribution in [1.82, 2.24) is 5.32 Å². The molecule has 1 aliphatic rings. The molecule has 0 spiro atoms. The maximum atomic E-state index is 14.2. The van der Waals surface area contributed by atoms with Crippen LogP contribution in [0.3, 0.4) is 0 Å². The topological polar surface area (TPSA) is 66.4 Å². The van der Waals surface area contributed by atoms with Crippen LogP contribution in [0.5, 0.6) is 0 Å². The minimum absolute atomic E-state index is 0.317. The Morgan fingerprint density at radius 3 is 2.28 bits per heavy atom. The van der Waals surface area contributed by atoms with Crippen LogP contribution in [0.25, 0.3) is 0 Å². The number of carboxylic acid groups (broad SMARTS) is 1. The van der Waals surface area contributed by atoms with E-state index in [1.54, 1.807) is 18.2 Å². The molecule has 2 N–H and O–H groups in total. The number of rotatable bonds is 6. The monoisotopic (exact) mass is 341 g/mol. The van der Waals surface area contributed by atoms with Gasteiger partial charge in [0.1, 0.15) is 5.82 Å². The minimum atomic E-state index is -0.947. The van der Waals surface area contributed by atoms with E-state index in [0.29, 0.717) is 24.8 Å². The molecule has 4 nitrogen and oxygen atoms in total. The molecule has 3 unspecified atom stereocenters. The molecule has 1 fully saturated rings. The van der Waals surface area contributed by atoms with Gasteiger partial charge in [-0.1, -0.05) is 48.5 Å². The van der Waals surface area contributed by atoms with Crippen LogP contribution in [-0.4, -0.2) is 17.0 Å². The Hall–Kier alpha value is -2.69. The lowest BCUT2D eigenvalue weighted by Crippen LogP contribution is -2.45. The van der Waals surface area contributed by atoms with Gasteiger partial charge >= 0.3 is 5.97 Å². The molecule has 2 aromatic carbocycles. The number of aliphatic carboxylic acids is 1. The molecule has 130 valence electrons. The van der Waals surface area contributed by atoms with Crippen molar-refractivity contribution in [1.29, 1.82) is 0 Å². The third-order valence-electron chi connectivity index (χ3n) is 4.81. The summed E-state index contributed by atoms with van der Waals surface area (Å²) in [6.07, 6.45) is 1.51. The van der Waals surface area contributed by atoms with E-state index in [2.05, 4.69) is 5.32 Å². The van der Waals surface area contributed by atoms with E-state index in [1.807, 2.05) is 30.3 Å². The number of halogens is 1. The van der Waals surface area contributed by atoms with Crippen molar-refractivity contribution in [3.63, 3.8) is 0 Å². The molecule has 25 heavy (non-hydrogen) atoms. The van der Waals surface area contributed by atoms with Crippen LogP contribution in [0.1, 0.15) is 30.0 Å². The van der Waals surface area contributed by atoms with Crippen LogP contribution in [0.4, 0.5) is 4.39 Å². The molecule has 2 aromatic rings. The fraction of sp³-hybridized carbons (Fsp3) is 0.300. The predicted octanol–water partition coefficient (Wildman–Crippen LogP) is 3.34. The molecule has 0 aromatic heterocycles. The van der Waals surface area contributed by atoms with Crippen LogP contribution in [0.15, 0.2) is 54.6 Å². The Labute approximate surface area is 145 Å². The second kappa shape index (κ2) is 7.47. The lowest BCUT2D eigenvalue weighted by molar-refractivity contribution is -0.153. The molecule has 5 heteroatoms. The average molecular weight is 341 g/mol. The highest BCUT2D eigenvalue weighted by Gasteiger charge is 2.42. The van der Waals surface area contributed by atoms with Crippen LogP contribution in [0, 0.1) is 17.7 Å². The molecular formula is C20H20FNO3. The minimum Gasteiger partial charge on any atom is -0.481 e. The molecule has 0 saturated heterocycles. The van der Waals surface area contributed by atoms with Gasteiger partial charge in [-0.25, -0.2) is 4.39 Å². The van der Waals surface area contributed by atoms with Gasteiger partial charge in [-0.15, -0.1) is 0 Å². The fourth-order valence-corrected chi connectivity index (χ4v) is 3.23. The van der Waals surface area contributed by atoms with E-state index in [9.17, 15) is 14.0 Å². The van der Waals surface area contributed by atoms with Crippen LogP contribution < -0.4 is 5.32 Å². The number of nitrogens with one attached hydrogen (secondary N) is 1. The summed E-state index contributed by atoms with van der Waals surface area (Å²) >= 11 is 0. The SMILES string of the molecule is O=C(O)C1CCC1C(=O)NC(Cc1ccccc1)c1ccccc1F. The summed E-state index contributed by atoms with van der Waals surface area (Å²) in [7, 11) is 0. The number of hydrogen-bond acceptors (Lipinski definition) is 2. The van der Waals surface area contributed by atoms with Crippen molar-refractivity contribution < 1.29 is 19.1 Å². The number of benzene rings is 2. The first kappa shape index (κ1) is 17.1. The maximum absolute atomic E-state index is 14.2. The first-order valence-electron chi connectivity index (χ1n) is 8.38. The third kappa shape index (κ3) is 3.87. The molecule has 3 rings (SSSR count).